The van der Waals surface area contributed by atoms with E-state index in [1.54, 1.807) is 0 Å². The van der Waals surface area contributed by atoms with Gasteiger partial charge in [0.15, 0.2) is 11.6 Å². The number of benzene rings is 9. The molecule has 0 amide bonds. The quantitative estimate of drug-likeness (QED) is 0.182. The van der Waals surface area contributed by atoms with Gasteiger partial charge in [0, 0.05) is 32.7 Å². The Morgan fingerprint density at radius 2 is 0.768 bits per heavy atom. The molecular weight excluding hydrogens is 683 g/mol. The maximum Gasteiger partial charge on any atom is 0.238 e. The molecule has 12 rings (SSSR count). The van der Waals surface area contributed by atoms with Crippen molar-refractivity contribution >= 4 is 75.9 Å². The third kappa shape index (κ3) is 4.52. The molecule has 0 saturated heterocycles. The Morgan fingerprint density at radius 1 is 0.304 bits per heavy atom. The second-order valence-electron chi connectivity index (χ2n) is 14.4. The first kappa shape index (κ1) is 30.8. The van der Waals surface area contributed by atoms with Crippen LogP contribution in [-0.4, -0.2) is 24.1 Å². The molecule has 12 aromatic rings. The Morgan fingerprint density at radius 3 is 1.38 bits per heavy atom. The van der Waals surface area contributed by atoms with E-state index in [4.69, 9.17) is 15.0 Å². The van der Waals surface area contributed by atoms with E-state index in [0.717, 1.165) is 65.6 Å². The van der Waals surface area contributed by atoms with E-state index in [1.165, 1.54) is 27.2 Å². The van der Waals surface area contributed by atoms with Crippen LogP contribution in [0.2, 0.25) is 0 Å². The number of nitrogens with zero attached hydrogens (tertiary/aromatic N) is 5. The van der Waals surface area contributed by atoms with E-state index in [0.29, 0.717) is 17.6 Å². The van der Waals surface area contributed by atoms with Crippen molar-refractivity contribution in [2.24, 2.45) is 0 Å². The lowest BCUT2D eigenvalue weighted by Crippen LogP contribution is -2.07. The maximum absolute atomic E-state index is 5.41. The predicted molar refractivity (Wildman–Crippen MR) is 232 cm³/mol. The van der Waals surface area contributed by atoms with Gasteiger partial charge in [0.2, 0.25) is 5.95 Å². The number of hydrogen-bond donors (Lipinski definition) is 0. The summed E-state index contributed by atoms with van der Waals surface area (Å²) in [6, 6.07) is 66.8. The van der Waals surface area contributed by atoms with Crippen molar-refractivity contribution in [2.45, 2.75) is 0 Å². The highest BCUT2D eigenvalue weighted by Gasteiger charge is 2.23. The highest BCUT2D eigenvalue weighted by atomic mass is 15.2. The highest BCUT2D eigenvalue weighted by molar-refractivity contribution is 6.18. The molecule has 0 bridgehead atoms. The number of fused-ring (bicyclic) bond motifs is 9. The summed E-state index contributed by atoms with van der Waals surface area (Å²) in [6.45, 7) is 0. The molecule has 0 spiro atoms. The zero-order valence-electron chi connectivity index (χ0n) is 30.1. The predicted octanol–water partition coefficient (Wildman–Crippen LogP) is 12.9. The van der Waals surface area contributed by atoms with Gasteiger partial charge in [-0.3, -0.25) is 4.57 Å². The zero-order chi connectivity index (χ0) is 36.7. The third-order valence-corrected chi connectivity index (χ3v) is 11.3. The SMILES string of the molecule is c1ccc2cc3c(cc2c1)c1c(-n2c4ccccc4c4ccccc42)cccc1n3-c1nc(-c2cccc3ccccc23)nc(-c2cccc3ccccc23)n1. The minimum absolute atomic E-state index is 0.570. The molecule has 0 N–H and O–H groups in total. The molecule has 3 heterocycles. The van der Waals surface area contributed by atoms with E-state index in [-0.39, 0.29) is 0 Å². The van der Waals surface area contributed by atoms with E-state index >= 15 is 0 Å². The first-order valence-electron chi connectivity index (χ1n) is 19.0. The van der Waals surface area contributed by atoms with Crippen LogP contribution in [0.15, 0.2) is 188 Å². The van der Waals surface area contributed by atoms with Crippen LogP contribution < -0.4 is 0 Å². The lowest BCUT2D eigenvalue weighted by molar-refractivity contribution is 0.955. The lowest BCUT2D eigenvalue weighted by atomic mass is 10.0. The Bertz CT molecular complexity index is 3390. The first-order chi connectivity index (χ1) is 27.8. The molecule has 0 unspecified atom stereocenters. The molecule has 9 aromatic carbocycles. The van der Waals surface area contributed by atoms with E-state index < -0.39 is 0 Å². The van der Waals surface area contributed by atoms with Crippen LogP contribution in [0.4, 0.5) is 0 Å². The number of rotatable bonds is 4. The second-order valence-corrected chi connectivity index (χ2v) is 14.4. The fourth-order valence-corrected chi connectivity index (χ4v) is 8.86. The van der Waals surface area contributed by atoms with E-state index in [9.17, 15) is 0 Å². The standard InChI is InChI=1S/C51H31N5/c1-2-17-35-31-47-42(30-34(35)16-1)48-45(55-43-26-9-7-22-38(43)39-23-8-10-27-44(39)55)28-13-29-46(48)56(47)51-53-49(40-24-11-18-32-14-3-5-20-36(32)40)52-50(54-51)41-25-12-19-33-15-4-6-21-37(33)41/h1-31H. The van der Waals surface area contributed by atoms with Gasteiger partial charge in [-0.1, -0.05) is 152 Å². The van der Waals surface area contributed by atoms with Crippen molar-refractivity contribution in [3.8, 4) is 34.4 Å². The summed E-state index contributed by atoms with van der Waals surface area (Å²) in [5.74, 6) is 1.83. The summed E-state index contributed by atoms with van der Waals surface area (Å²) in [6.07, 6.45) is 0. The lowest BCUT2D eigenvalue weighted by Gasteiger charge is -2.13. The topological polar surface area (TPSA) is 48.5 Å². The van der Waals surface area contributed by atoms with Gasteiger partial charge < -0.3 is 4.57 Å². The van der Waals surface area contributed by atoms with Crippen molar-refractivity contribution in [3.63, 3.8) is 0 Å². The van der Waals surface area contributed by atoms with Gasteiger partial charge in [-0.05, 0) is 68.7 Å². The highest BCUT2D eigenvalue weighted by Crippen LogP contribution is 2.41. The van der Waals surface area contributed by atoms with Gasteiger partial charge in [0.25, 0.3) is 0 Å². The van der Waals surface area contributed by atoms with Crippen LogP contribution in [-0.2, 0) is 0 Å². The summed E-state index contributed by atoms with van der Waals surface area (Å²) in [5, 5.41) is 11.5. The van der Waals surface area contributed by atoms with Gasteiger partial charge in [-0.25, -0.2) is 4.98 Å². The Hall–Kier alpha value is -7.63. The molecule has 0 aliphatic carbocycles. The monoisotopic (exact) mass is 713 g/mol. The first-order valence-corrected chi connectivity index (χ1v) is 19.0. The van der Waals surface area contributed by atoms with Gasteiger partial charge >= 0.3 is 0 Å². The normalized spacial score (nSPS) is 11.9. The number of hydrogen-bond acceptors (Lipinski definition) is 3. The van der Waals surface area contributed by atoms with Crippen LogP contribution in [0.1, 0.15) is 0 Å². The van der Waals surface area contributed by atoms with Crippen LogP contribution in [0, 0.1) is 0 Å². The molecule has 0 fully saturated rings. The van der Waals surface area contributed by atoms with Gasteiger partial charge in [0.1, 0.15) is 0 Å². The number of aromatic nitrogens is 5. The Labute approximate surface area is 321 Å². The van der Waals surface area contributed by atoms with E-state index in [1.807, 2.05) is 0 Å². The molecule has 0 atom stereocenters. The summed E-state index contributed by atoms with van der Waals surface area (Å²) < 4.78 is 4.67. The molecule has 260 valence electrons. The molecule has 0 saturated carbocycles. The molecule has 0 aliphatic heterocycles. The molecule has 0 aliphatic rings. The summed E-state index contributed by atoms with van der Waals surface area (Å²) in [4.78, 5) is 16.1. The largest absolute Gasteiger partial charge is 0.309 e. The minimum atomic E-state index is 0.570. The minimum Gasteiger partial charge on any atom is -0.309 e. The van der Waals surface area contributed by atoms with Crippen LogP contribution in [0.3, 0.4) is 0 Å². The molecule has 3 aromatic heterocycles. The van der Waals surface area contributed by atoms with Gasteiger partial charge in [-0.15, -0.1) is 0 Å². The van der Waals surface area contributed by atoms with Crippen LogP contribution >= 0.6 is 0 Å². The molecule has 5 heteroatoms. The average Bonchev–Trinajstić information content (AvgIpc) is 3.77. The molecule has 0 radical (unpaired) electrons. The average molecular weight is 714 g/mol. The summed E-state index contributed by atoms with van der Waals surface area (Å²) >= 11 is 0. The summed E-state index contributed by atoms with van der Waals surface area (Å²) in [5.41, 5.74) is 7.42. The van der Waals surface area contributed by atoms with Crippen molar-refractivity contribution in [1.29, 1.82) is 0 Å². The molecular formula is C51H31N5. The van der Waals surface area contributed by atoms with Crippen molar-refractivity contribution in [1.82, 2.24) is 24.1 Å². The Kier molecular flexibility index (Phi) is 6.56. The Balaban J connectivity index is 1.23. The number of para-hydroxylation sites is 2. The zero-order valence-corrected chi connectivity index (χ0v) is 30.1. The van der Waals surface area contributed by atoms with Crippen molar-refractivity contribution < 1.29 is 0 Å². The van der Waals surface area contributed by atoms with Crippen molar-refractivity contribution in [2.75, 3.05) is 0 Å². The second kappa shape index (κ2) is 11.9. The van der Waals surface area contributed by atoms with Crippen LogP contribution in [0.5, 0.6) is 0 Å². The smallest absolute Gasteiger partial charge is 0.238 e. The van der Waals surface area contributed by atoms with Crippen molar-refractivity contribution in [3.05, 3.63) is 188 Å². The molecule has 5 nitrogen and oxygen atoms in total. The summed E-state index contributed by atoms with van der Waals surface area (Å²) in [7, 11) is 0. The fraction of sp³-hybridized carbons (Fsp3) is 0. The maximum atomic E-state index is 5.41. The van der Waals surface area contributed by atoms with Gasteiger partial charge in [-0.2, -0.15) is 9.97 Å². The van der Waals surface area contributed by atoms with Gasteiger partial charge in [0.05, 0.1) is 27.8 Å². The fourth-order valence-electron chi connectivity index (χ4n) is 8.86. The van der Waals surface area contributed by atoms with E-state index in [2.05, 4.69) is 197 Å². The third-order valence-electron chi connectivity index (χ3n) is 11.3. The molecule has 56 heavy (non-hydrogen) atoms. The van der Waals surface area contributed by atoms with Crippen LogP contribution in [0.25, 0.3) is 110 Å².